The van der Waals surface area contributed by atoms with Gasteiger partial charge in [-0.25, -0.2) is 9.78 Å². The SMILES string of the molecule is CCNC(CCn1ccnc1)(C(=O)OC)c1ccccc1. The molecule has 0 bridgehead atoms. The third-order valence-corrected chi connectivity index (χ3v) is 3.58. The summed E-state index contributed by atoms with van der Waals surface area (Å²) >= 11 is 0. The van der Waals surface area contributed by atoms with Crippen molar-refractivity contribution >= 4 is 5.97 Å². The van der Waals surface area contributed by atoms with Crippen molar-refractivity contribution in [1.82, 2.24) is 14.9 Å². The number of hydrogen-bond acceptors (Lipinski definition) is 4. The van der Waals surface area contributed by atoms with Gasteiger partial charge in [0.1, 0.15) is 5.54 Å². The van der Waals surface area contributed by atoms with Crippen LogP contribution in [0.5, 0.6) is 0 Å². The first kappa shape index (κ1) is 15.3. The van der Waals surface area contributed by atoms with Gasteiger partial charge in [-0.1, -0.05) is 37.3 Å². The molecule has 21 heavy (non-hydrogen) atoms. The van der Waals surface area contributed by atoms with Gasteiger partial charge in [0.15, 0.2) is 0 Å². The molecule has 5 heteroatoms. The van der Waals surface area contributed by atoms with Crippen LogP contribution in [0.15, 0.2) is 49.1 Å². The largest absolute Gasteiger partial charge is 0.467 e. The van der Waals surface area contributed by atoms with Crippen molar-refractivity contribution in [2.75, 3.05) is 13.7 Å². The monoisotopic (exact) mass is 287 g/mol. The predicted octanol–water partition coefficient (Wildman–Crippen LogP) is 1.95. The molecule has 1 unspecified atom stereocenters. The van der Waals surface area contributed by atoms with E-state index < -0.39 is 5.54 Å². The van der Waals surface area contributed by atoms with Crippen LogP contribution >= 0.6 is 0 Å². The molecular weight excluding hydrogens is 266 g/mol. The lowest BCUT2D eigenvalue weighted by atomic mass is 9.86. The van der Waals surface area contributed by atoms with E-state index in [1.165, 1.54) is 7.11 Å². The minimum atomic E-state index is -0.838. The van der Waals surface area contributed by atoms with Crippen molar-refractivity contribution in [3.8, 4) is 0 Å². The van der Waals surface area contributed by atoms with Crippen LogP contribution in [-0.4, -0.2) is 29.2 Å². The van der Waals surface area contributed by atoms with E-state index in [1.54, 1.807) is 12.5 Å². The van der Waals surface area contributed by atoms with Crippen LogP contribution in [0.3, 0.4) is 0 Å². The number of nitrogens with one attached hydrogen (secondary N) is 1. The van der Waals surface area contributed by atoms with Gasteiger partial charge in [0, 0.05) is 18.9 Å². The van der Waals surface area contributed by atoms with Crippen molar-refractivity contribution < 1.29 is 9.53 Å². The minimum absolute atomic E-state index is 0.268. The second-order valence-corrected chi connectivity index (χ2v) is 4.84. The minimum Gasteiger partial charge on any atom is -0.467 e. The molecule has 1 aromatic heterocycles. The first-order valence-corrected chi connectivity index (χ1v) is 7.07. The summed E-state index contributed by atoms with van der Waals surface area (Å²) in [6, 6.07) is 9.71. The molecule has 0 aliphatic heterocycles. The van der Waals surface area contributed by atoms with Gasteiger partial charge >= 0.3 is 5.97 Å². The van der Waals surface area contributed by atoms with Crippen LogP contribution in [0.25, 0.3) is 0 Å². The van der Waals surface area contributed by atoms with Crippen molar-refractivity contribution in [1.29, 1.82) is 0 Å². The molecule has 0 aliphatic carbocycles. The Kier molecular flexibility index (Phi) is 5.11. The summed E-state index contributed by atoms with van der Waals surface area (Å²) in [5.74, 6) is -0.268. The number of methoxy groups -OCH3 is 1. The Labute approximate surface area is 125 Å². The number of aryl methyl sites for hydroxylation is 1. The van der Waals surface area contributed by atoms with Crippen LogP contribution < -0.4 is 5.32 Å². The Balaban J connectivity index is 2.33. The number of carbonyl (C=O) groups is 1. The molecule has 0 fully saturated rings. The Morgan fingerprint density at radius 3 is 2.71 bits per heavy atom. The molecule has 1 aromatic carbocycles. The summed E-state index contributed by atoms with van der Waals surface area (Å²) in [4.78, 5) is 16.5. The third kappa shape index (κ3) is 3.31. The standard InChI is InChI=1S/C16H21N3O2/c1-3-18-16(15(20)21-2,14-7-5-4-6-8-14)9-11-19-12-10-17-13-19/h4-8,10,12-13,18H,3,9,11H2,1-2H3. The summed E-state index contributed by atoms with van der Waals surface area (Å²) in [6.45, 7) is 3.34. The fraction of sp³-hybridized carbons (Fsp3) is 0.375. The second-order valence-electron chi connectivity index (χ2n) is 4.84. The Morgan fingerprint density at radius 1 is 1.38 bits per heavy atom. The number of ether oxygens (including phenoxy) is 1. The van der Waals surface area contributed by atoms with Gasteiger partial charge in [-0.05, 0) is 18.5 Å². The van der Waals surface area contributed by atoms with Gasteiger partial charge in [-0.3, -0.25) is 5.32 Å². The summed E-state index contributed by atoms with van der Waals surface area (Å²) in [5, 5.41) is 3.32. The Morgan fingerprint density at radius 2 is 2.14 bits per heavy atom. The number of carbonyl (C=O) groups excluding carboxylic acids is 1. The fourth-order valence-corrected chi connectivity index (χ4v) is 2.54. The van der Waals surface area contributed by atoms with Gasteiger partial charge in [0.25, 0.3) is 0 Å². The Hall–Kier alpha value is -2.14. The predicted molar refractivity (Wildman–Crippen MR) is 80.7 cm³/mol. The van der Waals surface area contributed by atoms with Crippen LogP contribution in [0.1, 0.15) is 18.9 Å². The lowest BCUT2D eigenvalue weighted by molar-refractivity contribution is -0.149. The lowest BCUT2D eigenvalue weighted by Gasteiger charge is -2.32. The van der Waals surface area contributed by atoms with Crippen LogP contribution in [0, 0.1) is 0 Å². The van der Waals surface area contributed by atoms with E-state index in [-0.39, 0.29) is 5.97 Å². The van der Waals surface area contributed by atoms with E-state index in [1.807, 2.05) is 48.0 Å². The molecular formula is C16H21N3O2. The second kappa shape index (κ2) is 7.04. The van der Waals surface area contributed by atoms with Crippen LogP contribution in [-0.2, 0) is 21.6 Å². The Bertz CT molecular complexity index is 554. The normalized spacial score (nSPS) is 13.6. The first-order valence-electron chi connectivity index (χ1n) is 7.07. The van der Waals surface area contributed by atoms with E-state index in [0.29, 0.717) is 19.5 Å². The third-order valence-electron chi connectivity index (χ3n) is 3.58. The summed E-state index contributed by atoms with van der Waals surface area (Å²) in [7, 11) is 1.43. The number of imidazole rings is 1. The fourth-order valence-electron chi connectivity index (χ4n) is 2.54. The number of nitrogens with zero attached hydrogens (tertiary/aromatic N) is 2. The summed E-state index contributed by atoms with van der Waals surface area (Å²) in [6.07, 6.45) is 5.96. The molecule has 1 N–H and O–H groups in total. The van der Waals surface area contributed by atoms with Gasteiger partial charge < -0.3 is 9.30 Å². The lowest BCUT2D eigenvalue weighted by Crippen LogP contribution is -2.50. The van der Waals surface area contributed by atoms with Crippen molar-refractivity contribution in [2.24, 2.45) is 0 Å². The zero-order valence-corrected chi connectivity index (χ0v) is 12.5. The molecule has 0 saturated heterocycles. The number of hydrogen-bond donors (Lipinski definition) is 1. The van der Waals surface area contributed by atoms with E-state index in [4.69, 9.17) is 4.74 Å². The number of likely N-dealkylation sites (N-methyl/N-ethyl adjacent to an activating group) is 1. The molecule has 1 atom stereocenters. The molecule has 0 spiro atoms. The zero-order valence-electron chi connectivity index (χ0n) is 12.5. The number of aromatic nitrogens is 2. The van der Waals surface area contributed by atoms with Gasteiger partial charge in [-0.2, -0.15) is 0 Å². The number of esters is 1. The average Bonchev–Trinajstić information content (AvgIpc) is 3.05. The van der Waals surface area contributed by atoms with Crippen molar-refractivity contribution in [3.63, 3.8) is 0 Å². The maximum Gasteiger partial charge on any atom is 0.330 e. The van der Waals surface area contributed by atoms with E-state index >= 15 is 0 Å². The highest BCUT2D eigenvalue weighted by molar-refractivity contribution is 5.82. The smallest absolute Gasteiger partial charge is 0.330 e. The highest BCUT2D eigenvalue weighted by atomic mass is 16.5. The van der Waals surface area contributed by atoms with Gasteiger partial charge in [-0.15, -0.1) is 0 Å². The number of benzene rings is 1. The maximum atomic E-state index is 12.5. The van der Waals surface area contributed by atoms with E-state index in [2.05, 4.69) is 10.3 Å². The van der Waals surface area contributed by atoms with Crippen molar-refractivity contribution in [3.05, 3.63) is 54.6 Å². The molecule has 0 amide bonds. The van der Waals surface area contributed by atoms with Gasteiger partial charge in [0.05, 0.1) is 13.4 Å². The zero-order chi connectivity index (χ0) is 15.1. The molecule has 0 radical (unpaired) electrons. The quantitative estimate of drug-likeness (QED) is 0.791. The van der Waals surface area contributed by atoms with Crippen LogP contribution in [0.2, 0.25) is 0 Å². The highest BCUT2D eigenvalue weighted by Crippen LogP contribution is 2.27. The van der Waals surface area contributed by atoms with E-state index in [9.17, 15) is 4.79 Å². The summed E-state index contributed by atoms with van der Waals surface area (Å²) < 4.78 is 7.02. The maximum absolute atomic E-state index is 12.5. The molecule has 5 nitrogen and oxygen atoms in total. The molecule has 1 heterocycles. The summed E-state index contributed by atoms with van der Waals surface area (Å²) in [5.41, 5.74) is 0.0773. The molecule has 0 aliphatic rings. The van der Waals surface area contributed by atoms with Gasteiger partial charge in [0.2, 0.25) is 0 Å². The van der Waals surface area contributed by atoms with E-state index in [0.717, 1.165) is 5.56 Å². The number of rotatable bonds is 7. The highest BCUT2D eigenvalue weighted by Gasteiger charge is 2.40. The topological polar surface area (TPSA) is 56.2 Å². The first-order chi connectivity index (χ1) is 10.2. The van der Waals surface area contributed by atoms with Crippen LogP contribution in [0.4, 0.5) is 0 Å². The van der Waals surface area contributed by atoms with Crippen molar-refractivity contribution in [2.45, 2.75) is 25.4 Å². The molecule has 2 rings (SSSR count). The average molecular weight is 287 g/mol. The molecule has 2 aromatic rings. The molecule has 112 valence electrons. The molecule has 0 saturated carbocycles.